The van der Waals surface area contributed by atoms with Crippen LogP contribution in [0.3, 0.4) is 0 Å². The predicted octanol–water partition coefficient (Wildman–Crippen LogP) is 15.6. The van der Waals surface area contributed by atoms with E-state index in [1.807, 2.05) is 30.3 Å². The number of anilines is 6. The van der Waals surface area contributed by atoms with Gasteiger partial charge in [-0.2, -0.15) is 0 Å². The van der Waals surface area contributed by atoms with Crippen molar-refractivity contribution in [2.24, 2.45) is 0 Å². The number of hydrogen-bond acceptors (Lipinski definition) is 4. The third kappa shape index (κ3) is 8.19. The first-order valence-corrected chi connectivity index (χ1v) is 26.0. The minimum Gasteiger partial charge on any atom is -0.457 e. The summed E-state index contributed by atoms with van der Waals surface area (Å²) in [5.41, 5.74) is 24.2. The average Bonchev–Trinajstić information content (AvgIpc) is 3.94. The van der Waals surface area contributed by atoms with E-state index in [4.69, 9.17) is 4.74 Å². The molecule has 0 amide bonds. The van der Waals surface area contributed by atoms with Crippen molar-refractivity contribution in [1.82, 2.24) is 0 Å². The number of carbonyl (C=O) groups excluding carboxylic acids is 1. The number of hydrogen-bond donors (Lipinski definition) is 0. The number of carbonyl (C=O) groups is 1. The molecule has 0 fully saturated rings. The first-order chi connectivity index (χ1) is 36.2. The maximum atomic E-state index is 15.1. The van der Waals surface area contributed by atoms with Gasteiger partial charge in [0.05, 0.1) is 5.56 Å². The van der Waals surface area contributed by atoms with E-state index < -0.39 is 0 Å². The second-order valence-electron chi connectivity index (χ2n) is 21.2. The van der Waals surface area contributed by atoms with Gasteiger partial charge in [0.25, 0.3) is 6.71 Å². The van der Waals surface area contributed by atoms with Gasteiger partial charge in [-0.15, -0.1) is 0 Å². The van der Waals surface area contributed by atoms with Crippen LogP contribution in [-0.4, -0.2) is 12.7 Å². The van der Waals surface area contributed by atoms with E-state index in [0.717, 1.165) is 109 Å². The average molecular weight is 955 g/mol. The fourth-order valence-electron chi connectivity index (χ4n) is 11.7. The highest BCUT2D eigenvalue weighted by molar-refractivity contribution is 7.00. The molecule has 10 aromatic carbocycles. The van der Waals surface area contributed by atoms with Crippen LogP contribution in [0.25, 0.3) is 44.5 Å². The lowest BCUT2D eigenvalue weighted by atomic mass is 9.33. The fourth-order valence-corrected chi connectivity index (χ4v) is 11.7. The number of ether oxygens (including phenoxy) is 1. The molecule has 0 saturated carbocycles. The van der Waals surface area contributed by atoms with Crippen molar-refractivity contribution in [3.05, 3.63) is 258 Å². The molecule has 13 rings (SSSR count). The predicted molar refractivity (Wildman–Crippen MR) is 308 cm³/mol. The van der Waals surface area contributed by atoms with Gasteiger partial charge in [-0.05, 0) is 168 Å². The molecular formula is C69H55BN2O2. The highest BCUT2D eigenvalue weighted by atomic mass is 16.5. The van der Waals surface area contributed by atoms with E-state index in [2.05, 4.69) is 231 Å². The maximum absolute atomic E-state index is 15.1. The van der Waals surface area contributed by atoms with E-state index >= 15 is 4.79 Å². The zero-order chi connectivity index (χ0) is 49.9. The fraction of sp³-hybridized carbons (Fsp3) is 0.116. The molecule has 5 heteroatoms. The third-order valence-corrected chi connectivity index (χ3v) is 15.4. The normalized spacial score (nSPS) is 13.2. The van der Waals surface area contributed by atoms with Crippen LogP contribution in [0, 0.1) is 0 Å². The molecule has 1 aliphatic carbocycles. The zero-order valence-corrected chi connectivity index (χ0v) is 42.1. The molecule has 2 heterocycles. The van der Waals surface area contributed by atoms with Crippen molar-refractivity contribution in [3.8, 4) is 44.5 Å². The largest absolute Gasteiger partial charge is 0.457 e. The highest BCUT2D eigenvalue weighted by Gasteiger charge is 2.45. The Balaban J connectivity index is 1.13. The molecule has 0 atom stereocenters. The smallest absolute Gasteiger partial charge is 0.338 e. The monoisotopic (exact) mass is 954 g/mol. The Morgan fingerprint density at radius 2 is 0.878 bits per heavy atom. The molecule has 356 valence electrons. The summed E-state index contributed by atoms with van der Waals surface area (Å²) in [6.07, 6.45) is 3.21. The second-order valence-corrected chi connectivity index (χ2v) is 21.2. The highest BCUT2D eigenvalue weighted by Crippen LogP contribution is 2.49. The van der Waals surface area contributed by atoms with Crippen LogP contribution in [0.1, 0.15) is 59.8 Å². The summed E-state index contributed by atoms with van der Waals surface area (Å²) in [4.78, 5) is 20.0. The van der Waals surface area contributed by atoms with E-state index in [1.54, 1.807) is 0 Å². The minimum absolute atomic E-state index is 0.136. The summed E-state index contributed by atoms with van der Waals surface area (Å²) in [6, 6.07) is 83.1. The summed E-state index contributed by atoms with van der Waals surface area (Å²) in [7, 11) is 0. The van der Waals surface area contributed by atoms with Crippen LogP contribution in [-0.2, 0) is 29.6 Å². The summed E-state index contributed by atoms with van der Waals surface area (Å²) in [6.45, 7) is 6.91. The van der Waals surface area contributed by atoms with Gasteiger partial charge in [-0.1, -0.05) is 191 Å². The van der Waals surface area contributed by atoms with Crippen molar-refractivity contribution >= 4 is 63.2 Å². The van der Waals surface area contributed by atoms with E-state index in [1.165, 1.54) is 27.6 Å². The summed E-state index contributed by atoms with van der Waals surface area (Å²) in [5, 5.41) is 0. The molecular weight excluding hydrogens is 900 g/mol. The van der Waals surface area contributed by atoms with Crippen molar-refractivity contribution in [2.75, 3.05) is 9.80 Å². The third-order valence-electron chi connectivity index (χ3n) is 15.4. The molecule has 0 unspecified atom stereocenters. The summed E-state index contributed by atoms with van der Waals surface area (Å²) in [5.74, 6) is -0.371. The van der Waals surface area contributed by atoms with Crippen LogP contribution >= 0.6 is 0 Å². The van der Waals surface area contributed by atoms with Gasteiger partial charge in [0.15, 0.2) is 0 Å². The van der Waals surface area contributed by atoms with Gasteiger partial charge in [0.2, 0.25) is 0 Å². The van der Waals surface area contributed by atoms with Crippen molar-refractivity contribution < 1.29 is 9.53 Å². The lowest BCUT2D eigenvalue weighted by Crippen LogP contribution is -2.61. The van der Waals surface area contributed by atoms with Gasteiger partial charge in [-0.3, -0.25) is 0 Å². The topological polar surface area (TPSA) is 32.8 Å². The van der Waals surface area contributed by atoms with Gasteiger partial charge in [0.1, 0.15) is 6.61 Å². The molecule has 0 spiro atoms. The van der Waals surface area contributed by atoms with E-state index in [0.29, 0.717) is 5.56 Å². The van der Waals surface area contributed by atoms with Crippen molar-refractivity contribution in [2.45, 2.75) is 52.1 Å². The number of benzene rings is 10. The lowest BCUT2D eigenvalue weighted by Gasteiger charge is -2.45. The first-order valence-electron chi connectivity index (χ1n) is 26.0. The van der Waals surface area contributed by atoms with Gasteiger partial charge >= 0.3 is 5.97 Å². The minimum atomic E-state index is -0.371. The molecule has 4 nitrogen and oxygen atoms in total. The zero-order valence-electron chi connectivity index (χ0n) is 42.1. The Hall–Kier alpha value is -8.67. The second kappa shape index (κ2) is 18.4. The van der Waals surface area contributed by atoms with Gasteiger partial charge < -0.3 is 14.5 Å². The molecule has 0 aromatic heterocycles. The quantitative estimate of drug-likeness (QED) is 0.107. The summed E-state index contributed by atoms with van der Waals surface area (Å²) >= 11 is 0. The molecule has 3 aliphatic rings. The molecule has 2 aliphatic heterocycles. The van der Waals surface area contributed by atoms with Crippen LogP contribution in [0.15, 0.2) is 231 Å². The Morgan fingerprint density at radius 1 is 0.446 bits per heavy atom. The standard InChI is InChI=1S/C69H55BN2O2/c1-69(2,3)58-32-33-61-64(44-58)72(60-38-55(49-26-15-7-16-27-49)35-56(39-60)50-28-17-8-18-29-50)66-43-57(68(73)74-45-46-20-9-4-10-21-46)42-65-67(66)70(61)62-40-51-30-19-31-52(51)41-63(62)71(65)59-36-53(47-22-11-5-12-23-47)34-54(37-59)48-24-13-6-14-25-48/h4-18,20-29,32-44H,19,30-31,45H2,1-3H3. The summed E-state index contributed by atoms with van der Waals surface area (Å²) < 4.78 is 6.33. The molecule has 74 heavy (non-hydrogen) atoms. The lowest BCUT2D eigenvalue weighted by molar-refractivity contribution is 0.0473. The van der Waals surface area contributed by atoms with E-state index in [-0.39, 0.29) is 24.7 Å². The Morgan fingerprint density at radius 3 is 1.34 bits per heavy atom. The molecule has 0 bridgehead atoms. The SMILES string of the molecule is CC(C)(C)c1ccc2c(c1)N(c1cc(-c3ccccc3)cc(-c3ccccc3)c1)c1cc(C(=O)OCc3ccccc3)cc3c1B2c1cc2c(cc1N3c1cc(-c3ccccc3)cc(-c3ccccc3)c1)CCC2. The number of rotatable bonds is 9. The molecule has 0 radical (unpaired) electrons. The number of fused-ring (bicyclic) bond motifs is 5. The first kappa shape index (κ1) is 45.2. The number of nitrogens with zero attached hydrogens (tertiary/aromatic N) is 2. The Kier molecular flexibility index (Phi) is 11.3. The van der Waals surface area contributed by atoms with E-state index in [9.17, 15) is 0 Å². The Labute approximate surface area is 435 Å². The molecule has 0 N–H and O–H groups in total. The van der Waals surface area contributed by atoms with Crippen LogP contribution < -0.4 is 26.2 Å². The molecule has 0 saturated heterocycles. The molecule has 10 aromatic rings. The number of esters is 1. The van der Waals surface area contributed by atoms with Gasteiger partial charge in [-0.25, -0.2) is 4.79 Å². The Bertz CT molecular complexity index is 3640. The van der Waals surface area contributed by atoms with Crippen LogP contribution in [0.4, 0.5) is 34.1 Å². The van der Waals surface area contributed by atoms with Crippen LogP contribution in [0.5, 0.6) is 0 Å². The van der Waals surface area contributed by atoms with Crippen LogP contribution in [0.2, 0.25) is 0 Å². The van der Waals surface area contributed by atoms with Crippen molar-refractivity contribution in [3.63, 3.8) is 0 Å². The van der Waals surface area contributed by atoms with Crippen molar-refractivity contribution in [1.29, 1.82) is 0 Å². The van der Waals surface area contributed by atoms with Gasteiger partial charge in [0, 0.05) is 34.1 Å². The maximum Gasteiger partial charge on any atom is 0.338 e. The number of aryl methyl sites for hydroxylation is 2.